The van der Waals surface area contributed by atoms with Crippen LogP contribution >= 0.6 is 11.3 Å². The molecule has 0 aliphatic carbocycles. The molecule has 1 aromatic heterocycles. The van der Waals surface area contributed by atoms with Gasteiger partial charge in [-0.1, -0.05) is 0 Å². The van der Waals surface area contributed by atoms with E-state index in [0.717, 1.165) is 32.1 Å². The standard InChI is InChI=1S/C15H26N4OS/c1-12(11-20-3)18-15(16-2)17-6-8-19-7-4-14-13(10-19)5-9-21-14/h5,9,12H,4,6-8,10-11H2,1-3H3,(H2,16,17,18). The van der Waals surface area contributed by atoms with Gasteiger partial charge in [0.2, 0.25) is 0 Å². The topological polar surface area (TPSA) is 48.9 Å². The van der Waals surface area contributed by atoms with Crippen LogP contribution in [0.1, 0.15) is 17.4 Å². The van der Waals surface area contributed by atoms with Crippen molar-refractivity contribution < 1.29 is 4.74 Å². The summed E-state index contributed by atoms with van der Waals surface area (Å²) in [6.45, 7) is 6.92. The fourth-order valence-electron chi connectivity index (χ4n) is 2.55. The minimum absolute atomic E-state index is 0.254. The zero-order valence-electron chi connectivity index (χ0n) is 13.2. The zero-order valence-corrected chi connectivity index (χ0v) is 14.0. The number of hydrogen-bond donors (Lipinski definition) is 2. The second kappa shape index (κ2) is 8.36. The monoisotopic (exact) mass is 310 g/mol. The van der Waals surface area contributed by atoms with Gasteiger partial charge in [0.05, 0.1) is 6.61 Å². The molecule has 0 radical (unpaired) electrons. The highest BCUT2D eigenvalue weighted by Crippen LogP contribution is 2.23. The first-order valence-electron chi connectivity index (χ1n) is 7.46. The van der Waals surface area contributed by atoms with Crippen molar-refractivity contribution in [3.05, 3.63) is 21.9 Å². The minimum atomic E-state index is 0.254. The smallest absolute Gasteiger partial charge is 0.191 e. The van der Waals surface area contributed by atoms with Gasteiger partial charge in [-0.15, -0.1) is 11.3 Å². The average molecular weight is 310 g/mol. The summed E-state index contributed by atoms with van der Waals surface area (Å²) in [4.78, 5) is 8.30. The van der Waals surface area contributed by atoms with Gasteiger partial charge in [-0.25, -0.2) is 0 Å². The fraction of sp³-hybridized carbons (Fsp3) is 0.667. The van der Waals surface area contributed by atoms with E-state index in [-0.39, 0.29) is 6.04 Å². The van der Waals surface area contributed by atoms with Gasteiger partial charge in [0.15, 0.2) is 5.96 Å². The number of aliphatic imine (C=N–C) groups is 1. The van der Waals surface area contributed by atoms with E-state index in [9.17, 15) is 0 Å². The van der Waals surface area contributed by atoms with E-state index in [1.165, 1.54) is 12.0 Å². The highest BCUT2D eigenvalue weighted by Gasteiger charge is 2.16. The molecule has 2 heterocycles. The number of ether oxygens (including phenoxy) is 1. The van der Waals surface area contributed by atoms with Crippen molar-refractivity contribution in [1.29, 1.82) is 0 Å². The molecule has 1 unspecified atom stereocenters. The molecule has 0 saturated heterocycles. The lowest BCUT2D eigenvalue weighted by molar-refractivity contribution is 0.179. The van der Waals surface area contributed by atoms with Crippen molar-refractivity contribution in [2.24, 2.45) is 4.99 Å². The Morgan fingerprint density at radius 1 is 1.57 bits per heavy atom. The molecule has 0 bridgehead atoms. The van der Waals surface area contributed by atoms with Crippen LogP contribution in [0.3, 0.4) is 0 Å². The number of thiophene rings is 1. The van der Waals surface area contributed by atoms with E-state index in [4.69, 9.17) is 4.74 Å². The Morgan fingerprint density at radius 3 is 3.19 bits per heavy atom. The Morgan fingerprint density at radius 2 is 2.43 bits per heavy atom. The number of guanidine groups is 1. The van der Waals surface area contributed by atoms with Gasteiger partial charge in [0.25, 0.3) is 0 Å². The quantitative estimate of drug-likeness (QED) is 0.614. The number of nitrogens with zero attached hydrogens (tertiary/aromatic N) is 2. The summed E-state index contributed by atoms with van der Waals surface area (Å²) in [5.74, 6) is 0.841. The van der Waals surface area contributed by atoms with Crippen LogP contribution in [0.15, 0.2) is 16.4 Å². The lowest BCUT2D eigenvalue weighted by Crippen LogP contribution is -2.46. The normalized spacial score (nSPS) is 17.4. The Labute approximate surface area is 131 Å². The molecule has 0 amide bonds. The first-order valence-corrected chi connectivity index (χ1v) is 8.34. The minimum Gasteiger partial charge on any atom is -0.383 e. The molecule has 1 atom stereocenters. The van der Waals surface area contributed by atoms with Gasteiger partial charge < -0.3 is 15.4 Å². The summed E-state index contributed by atoms with van der Waals surface area (Å²) >= 11 is 1.89. The van der Waals surface area contributed by atoms with Crippen molar-refractivity contribution in [3.8, 4) is 0 Å². The van der Waals surface area contributed by atoms with Gasteiger partial charge in [-0.2, -0.15) is 0 Å². The SMILES string of the molecule is CN=C(NCCN1CCc2sccc2C1)NC(C)COC. The van der Waals surface area contributed by atoms with Gasteiger partial charge >= 0.3 is 0 Å². The lowest BCUT2D eigenvalue weighted by atomic mass is 10.1. The van der Waals surface area contributed by atoms with E-state index in [2.05, 4.69) is 38.9 Å². The van der Waals surface area contributed by atoms with Crippen LogP contribution in [0.25, 0.3) is 0 Å². The van der Waals surface area contributed by atoms with Crippen LogP contribution in [-0.4, -0.2) is 57.3 Å². The maximum absolute atomic E-state index is 5.12. The van der Waals surface area contributed by atoms with Gasteiger partial charge in [-0.05, 0) is 30.4 Å². The maximum Gasteiger partial charge on any atom is 0.191 e. The van der Waals surface area contributed by atoms with Crippen molar-refractivity contribution >= 4 is 17.3 Å². The molecule has 1 aliphatic heterocycles. The van der Waals surface area contributed by atoms with Gasteiger partial charge in [0.1, 0.15) is 0 Å². The van der Waals surface area contributed by atoms with E-state index in [1.807, 2.05) is 11.3 Å². The summed E-state index contributed by atoms with van der Waals surface area (Å²) in [5, 5.41) is 8.89. The van der Waals surface area contributed by atoms with Crippen LogP contribution < -0.4 is 10.6 Å². The van der Waals surface area contributed by atoms with Crippen LogP contribution in [0.4, 0.5) is 0 Å². The summed E-state index contributed by atoms with van der Waals surface area (Å²) in [6, 6.07) is 2.51. The molecule has 2 N–H and O–H groups in total. The number of nitrogens with one attached hydrogen (secondary N) is 2. The highest BCUT2D eigenvalue weighted by atomic mass is 32.1. The molecular weight excluding hydrogens is 284 g/mol. The van der Waals surface area contributed by atoms with Crippen molar-refractivity contribution in [3.63, 3.8) is 0 Å². The van der Waals surface area contributed by atoms with Crippen molar-refractivity contribution in [2.75, 3.05) is 40.4 Å². The molecule has 0 aromatic carbocycles. The second-order valence-corrected chi connectivity index (χ2v) is 6.40. The fourth-order valence-corrected chi connectivity index (χ4v) is 3.44. The molecular formula is C15H26N4OS. The largest absolute Gasteiger partial charge is 0.383 e. The molecule has 21 heavy (non-hydrogen) atoms. The molecule has 2 rings (SSSR count). The summed E-state index contributed by atoms with van der Waals surface area (Å²) in [7, 11) is 3.51. The third-order valence-corrected chi connectivity index (χ3v) is 4.65. The molecule has 1 aromatic rings. The van der Waals surface area contributed by atoms with Crippen LogP contribution in [0, 0.1) is 0 Å². The van der Waals surface area contributed by atoms with E-state index >= 15 is 0 Å². The molecule has 0 fully saturated rings. The predicted molar refractivity (Wildman–Crippen MR) is 89.1 cm³/mol. The Bertz CT molecular complexity index is 460. The maximum atomic E-state index is 5.12. The average Bonchev–Trinajstić information content (AvgIpc) is 2.94. The molecule has 118 valence electrons. The van der Waals surface area contributed by atoms with Crippen LogP contribution in [0.2, 0.25) is 0 Å². The highest BCUT2D eigenvalue weighted by molar-refractivity contribution is 7.10. The second-order valence-electron chi connectivity index (χ2n) is 5.39. The van der Waals surface area contributed by atoms with E-state index in [1.54, 1.807) is 19.0 Å². The molecule has 0 spiro atoms. The Hall–Kier alpha value is -1.11. The van der Waals surface area contributed by atoms with Gasteiger partial charge in [0, 0.05) is 51.3 Å². The van der Waals surface area contributed by atoms with Crippen molar-refractivity contribution in [2.45, 2.75) is 25.9 Å². The summed E-state index contributed by atoms with van der Waals surface area (Å²) < 4.78 is 5.12. The van der Waals surface area contributed by atoms with Crippen LogP contribution in [-0.2, 0) is 17.7 Å². The van der Waals surface area contributed by atoms with Gasteiger partial charge in [-0.3, -0.25) is 9.89 Å². The first-order chi connectivity index (χ1) is 10.2. The van der Waals surface area contributed by atoms with E-state index in [0.29, 0.717) is 6.61 Å². The third-order valence-electron chi connectivity index (χ3n) is 3.63. The molecule has 6 heteroatoms. The van der Waals surface area contributed by atoms with E-state index < -0.39 is 0 Å². The predicted octanol–water partition coefficient (Wildman–Crippen LogP) is 1.31. The Kier molecular flexibility index (Phi) is 6.48. The molecule has 1 aliphatic rings. The number of hydrogen-bond acceptors (Lipinski definition) is 4. The summed E-state index contributed by atoms with van der Waals surface area (Å²) in [6.07, 6.45) is 1.19. The number of fused-ring (bicyclic) bond motifs is 1. The number of methoxy groups -OCH3 is 1. The Balaban J connectivity index is 1.69. The molecule has 5 nitrogen and oxygen atoms in total. The zero-order chi connectivity index (χ0) is 15.1. The molecule has 0 saturated carbocycles. The van der Waals surface area contributed by atoms with Crippen LogP contribution in [0.5, 0.6) is 0 Å². The third kappa shape index (κ3) is 4.98. The lowest BCUT2D eigenvalue weighted by Gasteiger charge is -2.27. The first kappa shape index (κ1) is 16.3. The number of rotatable bonds is 6. The van der Waals surface area contributed by atoms with Crippen molar-refractivity contribution in [1.82, 2.24) is 15.5 Å². The summed E-state index contributed by atoms with van der Waals surface area (Å²) in [5.41, 5.74) is 1.50.